The normalized spacial score (nSPS) is 25.6. The topological polar surface area (TPSA) is 32.3 Å². The van der Waals surface area contributed by atoms with Crippen molar-refractivity contribution in [2.45, 2.75) is 71.3 Å². The van der Waals surface area contributed by atoms with Crippen LogP contribution in [0.3, 0.4) is 0 Å². The summed E-state index contributed by atoms with van der Waals surface area (Å²) in [5.74, 6) is 0. The van der Waals surface area contributed by atoms with Gasteiger partial charge in [-0.05, 0) is 43.9 Å². The lowest BCUT2D eigenvalue weighted by Crippen LogP contribution is -2.42. The highest BCUT2D eigenvalue weighted by molar-refractivity contribution is 4.91. The molecule has 0 bridgehead atoms. The van der Waals surface area contributed by atoms with Gasteiger partial charge in [-0.3, -0.25) is 0 Å². The minimum atomic E-state index is 0.0303. The van der Waals surface area contributed by atoms with Crippen LogP contribution >= 0.6 is 0 Å². The molecule has 0 heterocycles. The molecule has 0 aromatic heterocycles. The Morgan fingerprint density at radius 3 is 2.24 bits per heavy atom. The fourth-order valence-corrected chi connectivity index (χ4v) is 3.54. The number of hydrogen-bond acceptors (Lipinski definition) is 2. The van der Waals surface area contributed by atoms with Crippen molar-refractivity contribution >= 4 is 0 Å². The van der Waals surface area contributed by atoms with Crippen LogP contribution in [0.1, 0.15) is 65.2 Å². The first kappa shape index (κ1) is 13.4. The number of aliphatic hydroxyl groups excluding tert-OH is 1. The van der Waals surface area contributed by atoms with Crippen molar-refractivity contribution in [1.29, 1.82) is 0 Å². The zero-order chi connectivity index (χ0) is 12.4. The van der Waals surface area contributed by atoms with E-state index in [2.05, 4.69) is 19.2 Å². The molecule has 2 rings (SSSR count). The molecule has 2 saturated carbocycles. The first-order valence-electron chi connectivity index (χ1n) is 7.40. The Kier molecular flexibility index (Phi) is 4.14. The Labute approximate surface area is 106 Å². The lowest BCUT2D eigenvalue weighted by atomic mass is 9.71. The molecule has 0 saturated heterocycles. The fraction of sp³-hybridized carbons (Fsp3) is 1.00. The summed E-state index contributed by atoms with van der Waals surface area (Å²) in [6, 6.07) is 0.701. The molecular formula is C15H29NO. The maximum Gasteiger partial charge on any atom is 0.0494 e. The van der Waals surface area contributed by atoms with Crippen LogP contribution in [-0.2, 0) is 0 Å². The number of rotatable bonds is 4. The van der Waals surface area contributed by atoms with Crippen LogP contribution in [0.25, 0.3) is 0 Å². The Morgan fingerprint density at radius 1 is 1.12 bits per heavy atom. The smallest absolute Gasteiger partial charge is 0.0494 e. The van der Waals surface area contributed by atoms with Gasteiger partial charge in [-0.15, -0.1) is 0 Å². The predicted octanol–water partition coefficient (Wildman–Crippen LogP) is 3.10. The van der Waals surface area contributed by atoms with Crippen molar-refractivity contribution in [2.24, 2.45) is 10.8 Å². The van der Waals surface area contributed by atoms with Crippen LogP contribution in [0, 0.1) is 10.8 Å². The Balaban J connectivity index is 1.72. The summed E-state index contributed by atoms with van der Waals surface area (Å²) in [5.41, 5.74) is 0.771. The predicted molar refractivity (Wildman–Crippen MR) is 72.0 cm³/mol. The summed E-state index contributed by atoms with van der Waals surface area (Å²) in [6.45, 7) is 5.47. The average molecular weight is 239 g/mol. The molecule has 2 N–H and O–H groups in total. The van der Waals surface area contributed by atoms with E-state index >= 15 is 0 Å². The molecule has 17 heavy (non-hydrogen) atoms. The molecular weight excluding hydrogens is 210 g/mol. The van der Waals surface area contributed by atoms with Crippen molar-refractivity contribution in [1.82, 2.24) is 5.32 Å². The molecule has 0 aliphatic heterocycles. The standard InChI is InChI=1S/C15H29NO/c1-14(2,12-17)11-16-13-5-9-15(10-6-13)7-3-4-8-15/h13,16-17H,3-12H2,1-2H3. The highest BCUT2D eigenvalue weighted by Crippen LogP contribution is 2.48. The van der Waals surface area contributed by atoms with Gasteiger partial charge in [0.15, 0.2) is 0 Å². The van der Waals surface area contributed by atoms with Crippen molar-refractivity contribution in [2.75, 3.05) is 13.2 Å². The SMILES string of the molecule is CC(C)(CO)CNC1CCC2(CCCC2)CC1. The van der Waals surface area contributed by atoms with Gasteiger partial charge in [-0.1, -0.05) is 26.7 Å². The third-order valence-corrected chi connectivity index (χ3v) is 5.01. The van der Waals surface area contributed by atoms with Crippen LogP contribution in [0.2, 0.25) is 0 Å². The highest BCUT2D eigenvalue weighted by atomic mass is 16.3. The van der Waals surface area contributed by atoms with Gasteiger partial charge < -0.3 is 10.4 Å². The Bertz CT molecular complexity index is 233. The molecule has 1 spiro atoms. The van der Waals surface area contributed by atoms with E-state index in [0.717, 1.165) is 12.0 Å². The van der Waals surface area contributed by atoms with Gasteiger partial charge in [0.25, 0.3) is 0 Å². The monoisotopic (exact) mass is 239 g/mol. The summed E-state index contributed by atoms with van der Waals surface area (Å²) in [7, 11) is 0. The van der Waals surface area contributed by atoms with Gasteiger partial charge in [-0.25, -0.2) is 0 Å². The summed E-state index contributed by atoms with van der Waals surface area (Å²) < 4.78 is 0. The molecule has 2 fully saturated rings. The van der Waals surface area contributed by atoms with Crippen LogP contribution in [0.4, 0.5) is 0 Å². The second-order valence-corrected chi connectivity index (χ2v) is 7.18. The van der Waals surface area contributed by atoms with Crippen molar-refractivity contribution in [3.8, 4) is 0 Å². The van der Waals surface area contributed by atoms with E-state index in [-0.39, 0.29) is 12.0 Å². The van der Waals surface area contributed by atoms with Gasteiger partial charge >= 0.3 is 0 Å². The van der Waals surface area contributed by atoms with Crippen LogP contribution < -0.4 is 5.32 Å². The zero-order valence-electron chi connectivity index (χ0n) is 11.6. The molecule has 100 valence electrons. The van der Waals surface area contributed by atoms with Crippen LogP contribution in [0.5, 0.6) is 0 Å². The minimum absolute atomic E-state index is 0.0303. The molecule has 2 aliphatic carbocycles. The average Bonchev–Trinajstić information content (AvgIpc) is 2.77. The molecule has 0 atom stereocenters. The maximum absolute atomic E-state index is 9.25. The van der Waals surface area contributed by atoms with E-state index in [9.17, 15) is 5.11 Å². The van der Waals surface area contributed by atoms with Gasteiger partial charge in [0.05, 0.1) is 0 Å². The lowest BCUT2D eigenvalue weighted by Gasteiger charge is -2.38. The van der Waals surface area contributed by atoms with E-state index in [1.54, 1.807) is 0 Å². The third-order valence-electron chi connectivity index (χ3n) is 5.01. The summed E-state index contributed by atoms with van der Waals surface area (Å²) in [4.78, 5) is 0. The second-order valence-electron chi connectivity index (χ2n) is 7.18. The molecule has 0 aromatic carbocycles. The maximum atomic E-state index is 9.25. The Hall–Kier alpha value is -0.0800. The van der Waals surface area contributed by atoms with Gasteiger partial charge in [0.1, 0.15) is 0 Å². The summed E-state index contributed by atoms with van der Waals surface area (Å²) in [5, 5.41) is 12.9. The van der Waals surface area contributed by atoms with E-state index in [4.69, 9.17) is 0 Å². The lowest BCUT2D eigenvalue weighted by molar-refractivity contribution is 0.132. The molecule has 0 amide bonds. The second kappa shape index (κ2) is 5.27. The molecule has 0 unspecified atom stereocenters. The first-order valence-corrected chi connectivity index (χ1v) is 7.40. The molecule has 0 radical (unpaired) electrons. The number of nitrogens with one attached hydrogen (secondary N) is 1. The van der Waals surface area contributed by atoms with E-state index in [1.807, 2.05) is 0 Å². The zero-order valence-corrected chi connectivity index (χ0v) is 11.6. The highest BCUT2D eigenvalue weighted by Gasteiger charge is 2.37. The van der Waals surface area contributed by atoms with Gasteiger partial charge in [0.2, 0.25) is 0 Å². The van der Waals surface area contributed by atoms with E-state index < -0.39 is 0 Å². The minimum Gasteiger partial charge on any atom is -0.396 e. The van der Waals surface area contributed by atoms with Gasteiger partial charge in [-0.2, -0.15) is 0 Å². The molecule has 2 heteroatoms. The fourth-order valence-electron chi connectivity index (χ4n) is 3.54. The van der Waals surface area contributed by atoms with Gasteiger partial charge in [0, 0.05) is 24.6 Å². The Morgan fingerprint density at radius 2 is 1.71 bits per heavy atom. The van der Waals surface area contributed by atoms with Crippen LogP contribution in [-0.4, -0.2) is 24.3 Å². The largest absolute Gasteiger partial charge is 0.396 e. The number of hydrogen-bond donors (Lipinski definition) is 2. The summed E-state index contributed by atoms with van der Waals surface area (Å²) in [6.07, 6.45) is 11.5. The molecule has 2 aliphatic rings. The summed E-state index contributed by atoms with van der Waals surface area (Å²) >= 11 is 0. The van der Waals surface area contributed by atoms with E-state index in [0.29, 0.717) is 6.04 Å². The van der Waals surface area contributed by atoms with Crippen molar-refractivity contribution in [3.05, 3.63) is 0 Å². The third kappa shape index (κ3) is 3.45. The molecule has 2 nitrogen and oxygen atoms in total. The van der Waals surface area contributed by atoms with Crippen LogP contribution in [0.15, 0.2) is 0 Å². The number of aliphatic hydroxyl groups is 1. The van der Waals surface area contributed by atoms with E-state index in [1.165, 1.54) is 51.4 Å². The van der Waals surface area contributed by atoms with Crippen molar-refractivity contribution < 1.29 is 5.11 Å². The first-order chi connectivity index (χ1) is 8.05. The quantitative estimate of drug-likeness (QED) is 0.790. The molecule has 0 aromatic rings. The van der Waals surface area contributed by atoms with Crippen molar-refractivity contribution in [3.63, 3.8) is 0 Å².